The number of hydrogen-bond donors (Lipinski definition) is 0. The number of amides is 2. The molecule has 1 aromatic rings. The quantitative estimate of drug-likeness (QED) is 0.363. The van der Waals surface area contributed by atoms with E-state index >= 15 is 0 Å². The van der Waals surface area contributed by atoms with Crippen molar-refractivity contribution < 1.29 is 14.5 Å². The average Bonchev–Trinajstić information content (AvgIpc) is 3.32. The Morgan fingerprint density at radius 1 is 1.00 bits per heavy atom. The number of rotatable bonds is 2. The lowest BCUT2D eigenvalue weighted by Crippen LogP contribution is -2.40. The topological polar surface area (TPSA) is 80.5 Å². The molecule has 2 saturated carbocycles. The third-order valence-corrected chi connectivity index (χ3v) is 5.98. The van der Waals surface area contributed by atoms with Crippen molar-refractivity contribution in [2.75, 3.05) is 4.90 Å². The Hall–Kier alpha value is -2.50. The van der Waals surface area contributed by atoms with Gasteiger partial charge in [0.05, 0.1) is 16.8 Å². The van der Waals surface area contributed by atoms with Gasteiger partial charge in [-0.25, -0.2) is 4.90 Å². The van der Waals surface area contributed by atoms with Gasteiger partial charge in [-0.05, 0) is 36.2 Å². The number of imide groups is 1. The molecule has 0 aromatic heterocycles. The maximum atomic E-state index is 12.9. The highest BCUT2D eigenvalue weighted by atomic mass is 16.6. The zero-order chi connectivity index (χ0) is 15.9. The molecular weight excluding hydrogens is 296 g/mol. The normalized spacial score (nSPS) is 39.4. The van der Waals surface area contributed by atoms with Gasteiger partial charge in [-0.1, -0.05) is 24.3 Å². The van der Waals surface area contributed by atoms with Crippen molar-refractivity contribution >= 4 is 23.2 Å². The minimum absolute atomic E-state index is 0.106. The Labute approximate surface area is 131 Å². The number of carbonyl (C=O) groups excluding carboxylic acids is 2. The zero-order valence-corrected chi connectivity index (χ0v) is 12.2. The number of hydrogen-bond acceptors (Lipinski definition) is 4. The van der Waals surface area contributed by atoms with Crippen molar-refractivity contribution in [3.8, 4) is 0 Å². The molecule has 5 aliphatic rings. The molecule has 116 valence electrons. The molecule has 3 fully saturated rings. The van der Waals surface area contributed by atoms with E-state index in [4.69, 9.17) is 0 Å². The first-order chi connectivity index (χ1) is 11.1. The van der Waals surface area contributed by atoms with Crippen LogP contribution in [0.1, 0.15) is 6.42 Å². The summed E-state index contributed by atoms with van der Waals surface area (Å²) in [4.78, 5) is 37.6. The van der Waals surface area contributed by atoms with Crippen LogP contribution < -0.4 is 4.90 Å². The molecule has 1 aliphatic heterocycles. The molecule has 6 heteroatoms. The van der Waals surface area contributed by atoms with Crippen LogP contribution in [0.4, 0.5) is 11.4 Å². The number of carbonyl (C=O) groups is 2. The summed E-state index contributed by atoms with van der Waals surface area (Å²) in [5, 5.41) is 11.3. The Balaban J connectivity index is 1.61. The van der Waals surface area contributed by atoms with Crippen LogP contribution in [-0.2, 0) is 9.59 Å². The maximum Gasteiger partial charge on any atom is 0.293 e. The first-order valence-electron chi connectivity index (χ1n) is 7.89. The van der Waals surface area contributed by atoms with E-state index in [1.54, 1.807) is 12.1 Å². The Morgan fingerprint density at radius 2 is 1.57 bits per heavy atom. The first-order valence-corrected chi connectivity index (χ1v) is 7.89. The lowest BCUT2D eigenvalue weighted by atomic mass is 9.63. The zero-order valence-electron chi connectivity index (χ0n) is 12.2. The summed E-state index contributed by atoms with van der Waals surface area (Å²) in [6.07, 6.45) is 5.28. The van der Waals surface area contributed by atoms with Gasteiger partial charge in [0.15, 0.2) is 0 Å². The molecular formula is C17H14N2O4. The van der Waals surface area contributed by atoms with Crippen LogP contribution in [0.3, 0.4) is 0 Å². The predicted molar refractivity (Wildman–Crippen MR) is 80.3 cm³/mol. The second-order valence-electron chi connectivity index (χ2n) is 6.91. The van der Waals surface area contributed by atoms with E-state index in [0.29, 0.717) is 11.8 Å². The Bertz CT molecular complexity index is 766. The van der Waals surface area contributed by atoms with Gasteiger partial charge < -0.3 is 0 Å². The summed E-state index contributed by atoms with van der Waals surface area (Å²) in [5.41, 5.74) is -0.0896. The van der Waals surface area contributed by atoms with E-state index < -0.39 is 4.92 Å². The van der Waals surface area contributed by atoms with Gasteiger partial charge in [-0.3, -0.25) is 19.7 Å². The van der Waals surface area contributed by atoms with Crippen LogP contribution in [0.2, 0.25) is 0 Å². The molecule has 4 aliphatic carbocycles. The minimum Gasteiger partial charge on any atom is -0.274 e. The number of nitro groups is 1. The SMILES string of the molecule is O=C1[C@@H]2[C@H]3C=C[C@@H]([C@@H]4C[C@@H]34)[C@H]2C(=O)N1c1ccccc1[N+](=O)[O-]. The molecule has 2 amide bonds. The van der Waals surface area contributed by atoms with E-state index in [1.165, 1.54) is 12.1 Å². The monoisotopic (exact) mass is 310 g/mol. The molecule has 1 aromatic carbocycles. The highest BCUT2D eigenvalue weighted by Gasteiger charge is 2.67. The van der Waals surface area contributed by atoms with Crippen molar-refractivity contribution in [2.24, 2.45) is 35.5 Å². The van der Waals surface area contributed by atoms with Crippen molar-refractivity contribution in [3.05, 3.63) is 46.5 Å². The van der Waals surface area contributed by atoms with Crippen LogP contribution in [0.25, 0.3) is 0 Å². The molecule has 2 bridgehead atoms. The Morgan fingerprint density at radius 3 is 2.13 bits per heavy atom. The summed E-state index contributed by atoms with van der Waals surface area (Å²) < 4.78 is 0. The largest absolute Gasteiger partial charge is 0.293 e. The van der Waals surface area contributed by atoms with Crippen molar-refractivity contribution in [2.45, 2.75) is 6.42 Å². The number of para-hydroxylation sites is 2. The van der Waals surface area contributed by atoms with Crippen LogP contribution in [0, 0.1) is 45.6 Å². The van der Waals surface area contributed by atoms with Crippen LogP contribution in [-0.4, -0.2) is 16.7 Å². The predicted octanol–water partition coefficient (Wildman–Crippen LogP) is 2.15. The number of nitro benzene ring substituents is 1. The third-order valence-electron chi connectivity index (χ3n) is 5.98. The smallest absolute Gasteiger partial charge is 0.274 e. The fourth-order valence-electron chi connectivity index (χ4n) is 5.00. The molecule has 1 heterocycles. The van der Waals surface area contributed by atoms with E-state index in [1.807, 2.05) is 0 Å². The van der Waals surface area contributed by atoms with Crippen molar-refractivity contribution in [1.29, 1.82) is 0 Å². The van der Waals surface area contributed by atoms with Gasteiger partial charge in [0.2, 0.25) is 11.8 Å². The lowest BCUT2D eigenvalue weighted by Gasteiger charge is -2.37. The maximum absolute atomic E-state index is 12.9. The standard InChI is InChI=1S/C17H14N2O4/c20-16-14-8-5-6-9(11-7-10(8)11)15(14)17(21)18(16)12-3-1-2-4-13(12)19(22)23/h1-6,8-11,14-15H,7H2/t8-,9-,10-,11-,14+,15+/m0/s1. The number of allylic oxidation sites excluding steroid dienone is 2. The highest BCUT2D eigenvalue weighted by molar-refractivity contribution is 6.23. The lowest BCUT2D eigenvalue weighted by molar-refractivity contribution is -0.384. The van der Waals surface area contributed by atoms with Gasteiger partial charge in [-0.15, -0.1) is 0 Å². The number of benzene rings is 1. The number of nitrogens with zero attached hydrogens (tertiary/aromatic N) is 2. The second kappa shape index (κ2) is 4.07. The average molecular weight is 310 g/mol. The summed E-state index contributed by atoms with van der Waals surface area (Å²) >= 11 is 0. The molecule has 1 saturated heterocycles. The van der Waals surface area contributed by atoms with Crippen LogP contribution in [0.15, 0.2) is 36.4 Å². The molecule has 0 N–H and O–H groups in total. The van der Waals surface area contributed by atoms with Crippen molar-refractivity contribution in [3.63, 3.8) is 0 Å². The van der Waals surface area contributed by atoms with Crippen LogP contribution >= 0.6 is 0 Å². The molecule has 6 rings (SSSR count). The first kappa shape index (κ1) is 13.0. The third kappa shape index (κ3) is 1.48. The highest BCUT2D eigenvalue weighted by Crippen LogP contribution is 2.65. The molecule has 0 unspecified atom stereocenters. The Kier molecular flexibility index (Phi) is 2.30. The summed E-state index contributed by atoms with van der Waals surface area (Å²) in [6, 6.07) is 5.98. The van der Waals surface area contributed by atoms with Gasteiger partial charge in [0, 0.05) is 6.07 Å². The van der Waals surface area contributed by atoms with E-state index in [9.17, 15) is 19.7 Å². The van der Waals surface area contributed by atoms with E-state index in [-0.39, 0.29) is 46.9 Å². The molecule has 0 spiro atoms. The van der Waals surface area contributed by atoms with Gasteiger partial charge >= 0.3 is 0 Å². The molecule has 23 heavy (non-hydrogen) atoms. The molecule has 6 atom stereocenters. The molecule has 6 nitrogen and oxygen atoms in total. The molecule has 0 radical (unpaired) electrons. The van der Waals surface area contributed by atoms with Crippen molar-refractivity contribution in [1.82, 2.24) is 0 Å². The summed E-state index contributed by atoms with van der Waals surface area (Å²) in [7, 11) is 0. The number of anilines is 1. The van der Waals surface area contributed by atoms with E-state index in [0.717, 1.165) is 11.3 Å². The fourth-order valence-corrected chi connectivity index (χ4v) is 5.00. The van der Waals surface area contributed by atoms with Gasteiger partial charge in [0.1, 0.15) is 5.69 Å². The minimum atomic E-state index is -0.539. The second-order valence-corrected chi connectivity index (χ2v) is 6.91. The van der Waals surface area contributed by atoms with E-state index in [2.05, 4.69) is 12.2 Å². The van der Waals surface area contributed by atoms with Gasteiger partial charge in [0.25, 0.3) is 5.69 Å². The van der Waals surface area contributed by atoms with Crippen LogP contribution in [0.5, 0.6) is 0 Å². The van der Waals surface area contributed by atoms with Gasteiger partial charge in [-0.2, -0.15) is 0 Å². The summed E-state index contributed by atoms with van der Waals surface area (Å²) in [6.45, 7) is 0. The summed E-state index contributed by atoms with van der Waals surface area (Å²) in [5.74, 6) is 0.0981. The fraction of sp³-hybridized carbons (Fsp3) is 0.412.